The molecular weight excluding hydrogens is 394 g/mol. The molecule has 0 atom stereocenters. The maximum absolute atomic E-state index is 11.2. The first kappa shape index (κ1) is 24.8. The van der Waals surface area contributed by atoms with Crippen molar-refractivity contribution in [3.05, 3.63) is 36.5 Å². The maximum Gasteiger partial charge on any atom is 1.00 e. The van der Waals surface area contributed by atoms with Crippen LogP contribution in [-0.4, -0.2) is 41.4 Å². The van der Waals surface area contributed by atoms with Crippen molar-refractivity contribution in [1.82, 2.24) is 9.97 Å². The molecule has 0 bridgehead atoms. The summed E-state index contributed by atoms with van der Waals surface area (Å²) < 4.78 is 67.3. The molecule has 0 aliphatic rings. The zero-order chi connectivity index (χ0) is 16.1. The second kappa shape index (κ2) is 8.67. The molecule has 0 amide bonds. The van der Waals surface area contributed by atoms with Gasteiger partial charge in [-0.05, 0) is 24.3 Å². The minimum atomic E-state index is -5.24. The van der Waals surface area contributed by atoms with E-state index in [0.717, 1.165) is 6.07 Å². The molecule has 2 heterocycles. The standard InChI is InChI=1S/C12H8N2O6S2.2Na.H2O/c15-21(16,17)10-6-7-3-4-9-8(2-1-5-13-9)11(7)14-12(10)22(18,19)20;;;/h1-6H,(H,15,16,17)(H,18,19,20);;;1H2/q;2*+1;/p-2. The Morgan fingerprint density at radius 1 is 0.920 bits per heavy atom. The first-order valence-corrected chi connectivity index (χ1v) is 8.60. The van der Waals surface area contributed by atoms with Crippen LogP contribution >= 0.6 is 0 Å². The van der Waals surface area contributed by atoms with E-state index in [1.807, 2.05) is 0 Å². The first-order valence-electron chi connectivity index (χ1n) is 5.78. The number of benzene rings is 1. The topological polar surface area (TPSA) is 172 Å². The van der Waals surface area contributed by atoms with Crippen LogP contribution in [0.2, 0.25) is 0 Å². The van der Waals surface area contributed by atoms with Gasteiger partial charge in [0, 0.05) is 17.0 Å². The van der Waals surface area contributed by atoms with Crippen molar-refractivity contribution in [2.45, 2.75) is 9.92 Å². The van der Waals surface area contributed by atoms with Crippen molar-refractivity contribution in [2.75, 3.05) is 0 Å². The number of hydrogen-bond acceptors (Lipinski definition) is 8. The summed E-state index contributed by atoms with van der Waals surface area (Å²) in [5.74, 6) is 0. The molecule has 2 aromatic heterocycles. The number of rotatable bonds is 2. The fourth-order valence-corrected chi connectivity index (χ4v) is 3.76. The summed E-state index contributed by atoms with van der Waals surface area (Å²) in [6.45, 7) is 0. The van der Waals surface area contributed by atoms with Crippen molar-refractivity contribution < 1.29 is 90.5 Å². The number of hydrogen-bond donors (Lipinski definition) is 0. The molecular formula is C12H8N2Na2O7S2. The van der Waals surface area contributed by atoms with Crippen molar-refractivity contribution >= 4 is 42.0 Å². The van der Waals surface area contributed by atoms with Crippen molar-refractivity contribution in [3.8, 4) is 0 Å². The number of nitrogens with zero attached hydrogens (tertiary/aromatic N) is 2. The third-order valence-electron chi connectivity index (χ3n) is 3.00. The van der Waals surface area contributed by atoms with Crippen LogP contribution in [0.3, 0.4) is 0 Å². The molecule has 0 aliphatic carbocycles. The van der Waals surface area contributed by atoms with E-state index in [1.54, 1.807) is 18.2 Å². The second-order valence-corrected chi connectivity index (χ2v) is 7.05. The molecule has 3 rings (SSSR count). The smallest absolute Gasteiger partial charge is 0.744 e. The van der Waals surface area contributed by atoms with Gasteiger partial charge < -0.3 is 14.6 Å². The molecule has 9 nitrogen and oxygen atoms in total. The van der Waals surface area contributed by atoms with Crippen LogP contribution in [0.15, 0.2) is 46.5 Å². The van der Waals surface area contributed by atoms with E-state index in [0.29, 0.717) is 10.9 Å². The molecule has 122 valence electrons. The fraction of sp³-hybridized carbons (Fsp3) is 0. The Balaban J connectivity index is 0.00000192. The summed E-state index contributed by atoms with van der Waals surface area (Å²) in [5.41, 5.74) is 0.557. The van der Waals surface area contributed by atoms with Gasteiger partial charge in [0.2, 0.25) is 0 Å². The van der Waals surface area contributed by atoms with Gasteiger partial charge in [-0.3, -0.25) is 4.98 Å². The summed E-state index contributed by atoms with van der Waals surface area (Å²) in [6.07, 6.45) is 1.51. The maximum atomic E-state index is 11.2. The predicted molar refractivity (Wildman–Crippen MR) is 76.6 cm³/mol. The number of aromatic nitrogens is 2. The Hall–Kier alpha value is -0.180. The molecule has 0 radical (unpaired) electrons. The zero-order valence-electron chi connectivity index (χ0n) is 13.1. The van der Waals surface area contributed by atoms with Gasteiger partial charge in [0.25, 0.3) is 0 Å². The molecule has 0 aliphatic heterocycles. The van der Waals surface area contributed by atoms with Crippen LogP contribution in [0.25, 0.3) is 21.8 Å². The minimum absolute atomic E-state index is 0. The average molecular weight is 402 g/mol. The van der Waals surface area contributed by atoms with Crippen LogP contribution in [0.4, 0.5) is 0 Å². The molecule has 0 unspecified atom stereocenters. The molecule has 0 saturated heterocycles. The monoisotopic (exact) mass is 402 g/mol. The third-order valence-corrected chi connectivity index (χ3v) is 4.77. The van der Waals surface area contributed by atoms with Crippen LogP contribution in [-0.2, 0) is 20.2 Å². The summed E-state index contributed by atoms with van der Waals surface area (Å²) in [7, 11) is -10.4. The van der Waals surface area contributed by atoms with Gasteiger partial charge in [0.05, 0.1) is 15.9 Å². The van der Waals surface area contributed by atoms with E-state index < -0.39 is 30.2 Å². The molecule has 2 N–H and O–H groups in total. The quantitative estimate of drug-likeness (QED) is 0.231. The van der Waals surface area contributed by atoms with Crippen molar-refractivity contribution in [1.29, 1.82) is 0 Å². The van der Waals surface area contributed by atoms with Crippen molar-refractivity contribution in [3.63, 3.8) is 0 Å². The molecule has 0 saturated carbocycles. The SMILES string of the molecule is O.O=S(=O)([O-])c1cc2ccc3ncccc3c2nc1S(=O)(=O)[O-].[Na+].[Na+]. The minimum Gasteiger partial charge on any atom is -0.744 e. The fourth-order valence-electron chi connectivity index (χ4n) is 2.11. The van der Waals surface area contributed by atoms with Gasteiger partial charge in [-0.2, -0.15) is 0 Å². The van der Waals surface area contributed by atoms with E-state index in [9.17, 15) is 25.9 Å². The average Bonchev–Trinajstić information content (AvgIpc) is 2.44. The second-order valence-electron chi connectivity index (χ2n) is 4.41. The van der Waals surface area contributed by atoms with Crippen LogP contribution in [0.5, 0.6) is 0 Å². The number of fused-ring (bicyclic) bond motifs is 3. The van der Waals surface area contributed by atoms with Gasteiger partial charge in [0.1, 0.15) is 20.2 Å². The van der Waals surface area contributed by atoms with E-state index in [-0.39, 0.29) is 75.5 Å². The largest absolute Gasteiger partial charge is 1.00 e. The Morgan fingerprint density at radius 3 is 2.12 bits per heavy atom. The normalized spacial score (nSPS) is 11.3. The van der Waals surface area contributed by atoms with E-state index >= 15 is 0 Å². The Bertz CT molecular complexity index is 1130. The van der Waals surface area contributed by atoms with Gasteiger partial charge in [-0.15, -0.1) is 0 Å². The Kier molecular flexibility index (Phi) is 8.61. The summed E-state index contributed by atoms with van der Waals surface area (Å²) >= 11 is 0. The van der Waals surface area contributed by atoms with Crippen molar-refractivity contribution in [2.24, 2.45) is 0 Å². The van der Waals surface area contributed by atoms with Gasteiger partial charge in [-0.1, -0.05) is 6.07 Å². The number of pyridine rings is 2. The van der Waals surface area contributed by atoms with Gasteiger partial charge in [0.15, 0.2) is 5.03 Å². The molecule has 25 heavy (non-hydrogen) atoms. The molecule has 3 aromatic rings. The van der Waals surface area contributed by atoms with Crippen LogP contribution in [0.1, 0.15) is 0 Å². The Labute approximate surface area is 187 Å². The molecule has 0 fully saturated rings. The summed E-state index contributed by atoms with van der Waals surface area (Å²) in [6, 6.07) is 7.00. The van der Waals surface area contributed by atoms with Gasteiger partial charge >= 0.3 is 59.1 Å². The Morgan fingerprint density at radius 2 is 1.56 bits per heavy atom. The molecule has 1 aromatic carbocycles. The third kappa shape index (κ3) is 4.96. The molecule has 0 spiro atoms. The summed E-state index contributed by atoms with van der Waals surface area (Å²) in [4.78, 5) is 6.51. The summed E-state index contributed by atoms with van der Waals surface area (Å²) in [5, 5.41) is -0.659. The van der Waals surface area contributed by atoms with E-state index in [2.05, 4.69) is 9.97 Å². The van der Waals surface area contributed by atoms with E-state index in [1.165, 1.54) is 12.3 Å². The molecule has 13 heteroatoms. The predicted octanol–water partition coefficient (Wildman–Crippen LogP) is -6.23. The van der Waals surface area contributed by atoms with Crippen LogP contribution < -0.4 is 59.1 Å². The van der Waals surface area contributed by atoms with Crippen LogP contribution in [0, 0.1) is 0 Å². The first-order chi connectivity index (χ1) is 10.2. The van der Waals surface area contributed by atoms with E-state index in [4.69, 9.17) is 0 Å². The zero-order valence-corrected chi connectivity index (χ0v) is 18.8. The van der Waals surface area contributed by atoms with Gasteiger partial charge in [-0.25, -0.2) is 21.8 Å².